The molecule has 5 heteroatoms. The smallest absolute Gasteiger partial charge is 0.227 e. The van der Waals surface area contributed by atoms with Crippen molar-refractivity contribution in [1.29, 1.82) is 0 Å². The van der Waals surface area contributed by atoms with Crippen LogP contribution >= 0.6 is 0 Å². The lowest BCUT2D eigenvalue weighted by Gasteiger charge is -2.42. The quantitative estimate of drug-likeness (QED) is 0.705. The summed E-state index contributed by atoms with van der Waals surface area (Å²) in [5, 5.41) is 8.96. The van der Waals surface area contributed by atoms with E-state index in [2.05, 4.69) is 55.7 Å². The van der Waals surface area contributed by atoms with Crippen LogP contribution in [-0.4, -0.2) is 54.3 Å². The van der Waals surface area contributed by atoms with Gasteiger partial charge in [-0.25, -0.2) is 0 Å². The second-order valence-corrected chi connectivity index (χ2v) is 10.3. The van der Waals surface area contributed by atoms with Gasteiger partial charge in [0.15, 0.2) is 5.82 Å². The molecule has 0 atom stereocenters. The molecule has 1 saturated heterocycles. The summed E-state index contributed by atoms with van der Waals surface area (Å²) in [6, 6.07) is 6.78. The monoisotopic (exact) mass is 411 g/mol. The summed E-state index contributed by atoms with van der Waals surface area (Å²) in [6.45, 7) is 14.8. The summed E-state index contributed by atoms with van der Waals surface area (Å²) in [5.41, 5.74) is 4.39. The van der Waals surface area contributed by atoms with Gasteiger partial charge >= 0.3 is 0 Å². The minimum atomic E-state index is 0.183. The number of nitrogens with zero attached hydrogens (tertiary/aromatic N) is 3. The average Bonchev–Trinajstić information content (AvgIpc) is 3.22. The van der Waals surface area contributed by atoms with Gasteiger partial charge in [0.2, 0.25) is 5.89 Å². The molecule has 2 aromatic rings. The summed E-state index contributed by atoms with van der Waals surface area (Å²) in [4.78, 5) is 9.64. The summed E-state index contributed by atoms with van der Waals surface area (Å²) < 4.78 is 5.93. The van der Waals surface area contributed by atoms with Gasteiger partial charge in [-0.15, -0.1) is 0 Å². The van der Waals surface area contributed by atoms with E-state index < -0.39 is 0 Å². The van der Waals surface area contributed by atoms with Crippen molar-refractivity contribution in [3.63, 3.8) is 0 Å². The minimum Gasteiger partial charge on any atom is -0.442 e. The number of piperazine rings is 1. The van der Waals surface area contributed by atoms with E-state index >= 15 is 0 Å². The number of aliphatic hydroxyl groups is 1. The first-order chi connectivity index (χ1) is 14.3. The van der Waals surface area contributed by atoms with Gasteiger partial charge in [0.25, 0.3) is 0 Å². The zero-order valence-corrected chi connectivity index (χ0v) is 19.1. The third kappa shape index (κ3) is 4.28. The second kappa shape index (κ2) is 8.35. The Labute approximate surface area is 181 Å². The van der Waals surface area contributed by atoms with Gasteiger partial charge in [0.1, 0.15) is 6.26 Å². The lowest BCUT2D eigenvalue weighted by Crippen LogP contribution is -2.46. The molecule has 2 aliphatic rings. The van der Waals surface area contributed by atoms with Crippen molar-refractivity contribution in [2.24, 2.45) is 0 Å². The van der Waals surface area contributed by atoms with Gasteiger partial charge in [-0.1, -0.05) is 33.8 Å². The van der Waals surface area contributed by atoms with Crippen molar-refractivity contribution < 1.29 is 9.52 Å². The molecule has 1 aromatic heterocycles. The molecule has 1 aliphatic heterocycles. The van der Waals surface area contributed by atoms with Crippen molar-refractivity contribution >= 4 is 5.82 Å². The van der Waals surface area contributed by atoms with E-state index in [9.17, 15) is 0 Å². The van der Waals surface area contributed by atoms with E-state index in [1.165, 1.54) is 24.0 Å². The topological polar surface area (TPSA) is 52.7 Å². The van der Waals surface area contributed by atoms with Crippen LogP contribution in [0.2, 0.25) is 0 Å². The molecule has 0 unspecified atom stereocenters. The van der Waals surface area contributed by atoms with E-state index in [-0.39, 0.29) is 10.8 Å². The molecule has 0 spiro atoms. The normalized spacial score (nSPS) is 20.9. The molecule has 1 N–H and O–H groups in total. The first kappa shape index (κ1) is 21.4. The molecule has 0 amide bonds. The van der Waals surface area contributed by atoms with Crippen molar-refractivity contribution in [3.8, 4) is 11.5 Å². The van der Waals surface area contributed by atoms with Crippen LogP contribution in [0.4, 0.5) is 5.82 Å². The van der Waals surface area contributed by atoms with Crippen LogP contribution in [0.1, 0.15) is 64.5 Å². The Kier molecular flexibility index (Phi) is 5.95. The molecule has 4 rings (SSSR count). The Balaban J connectivity index is 1.48. The molecule has 164 valence electrons. The van der Waals surface area contributed by atoms with Crippen molar-refractivity contribution in [2.45, 2.75) is 64.2 Å². The maximum atomic E-state index is 8.96. The Morgan fingerprint density at radius 1 is 0.967 bits per heavy atom. The van der Waals surface area contributed by atoms with E-state index in [0.29, 0.717) is 6.61 Å². The lowest BCUT2D eigenvalue weighted by atomic mass is 9.63. The van der Waals surface area contributed by atoms with E-state index in [1.54, 1.807) is 0 Å². The zero-order valence-electron chi connectivity index (χ0n) is 19.1. The number of rotatable bonds is 6. The Morgan fingerprint density at radius 2 is 1.67 bits per heavy atom. The lowest BCUT2D eigenvalue weighted by molar-refractivity contribution is 0.232. The van der Waals surface area contributed by atoms with Gasteiger partial charge in [-0.2, -0.15) is 4.98 Å². The summed E-state index contributed by atoms with van der Waals surface area (Å²) >= 11 is 0. The maximum absolute atomic E-state index is 8.96. The highest BCUT2D eigenvalue weighted by Crippen LogP contribution is 2.46. The predicted octanol–water partition coefficient (Wildman–Crippen LogP) is 4.59. The third-order valence-electron chi connectivity index (χ3n) is 7.17. The Morgan fingerprint density at radius 3 is 2.37 bits per heavy atom. The Hall–Kier alpha value is -1.85. The second-order valence-electron chi connectivity index (χ2n) is 10.3. The molecule has 5 nitrogen and oxygen atoms in total. The largest absolute Gasteiger partial charge is 0.442 e. The number of unbranched alkanes of at least 4 members (excludes halogenated alkanes) is 1. The number of fused-ring (bicyclic) bond motifs is 1. The first-order valence-electron chi connectivity index (χ1n) is 11.5. The van der Waals surface area contributed by atoms with Gasteiger partial charge in [0.05, 0.1) is 0 Å². The summed E-state index contributed by atoms with van der Waals surface area (Å²) in [6.07, 6.45) is 6.19. The van der Waals surface area contributed by atoms with Crippen molar-refractivity contribution in [2.75, 3.05) is 44.2 Å². The van der Waals surface area contributed by atoms with Crippen LogP contribution in [0, 0.1) is 0 Å². The van der Waals surface area contributed by atoms with Gasteiger partial charge in [-0.3, -0.25) is 4.90 Å². The number of hydrogen-bond acceptors (Lipinski definition) is 5. The molecular formula is C25H37N3O2. The fraction of sp³-hybridized carbons (Fsp3) is 0.640. The minimum absolute atomic E-state index is 0.183. The van der Waals surface area contributed by atoms with Gasteiger partial charge < -0.3 is 14.4 Å². The number of aliphatic hydroxyl groups excluding tert-OH is 1. The highest BCUT2D eigenvalue weighted by molar-refractivity contribution is 5.60. The molecule has 30 heavy (non-hydrogen) atoms. The molecule has 2 heterocycles. The van der Waals surface area contributed by atoms with Gasteiger partial charge in [0, 0.05) is 38.3 Å². The molecule has 1 aliphatic carbocycles. The highest BCUT2D eigenvalue weighted by Gasteiger charge is 2.37. The first-order valence-corrected chi connectivity index (χ1v) is 11.5. The van der Waals surface area contributed by atoms with Crippen LogP contribution in [-0.2, 0) is 10.8 Å². The molecule has 0 bridgehead atoms. The molecule has 1 fully saturated rings. The summed E-state index contributed by atoms with van der Waals surface area (Å²) in [5.74, 6) is 1.66. The van der Waals surface area contributed by atoms with E-state index in [0.717, 1.165) is 62.8 Å². The number of benzene rings is 1. The molecular weight excluding hydrogens is 374 g/mol. The predicted molar refractivity (Wildman–Crippen MR) is 122 cm³/mol. The Bertz CT molecular complexity index is 863. The molecule has 0 saturated carbocycles. The third-order valence-corrected chi connectivity index (χ3v) is 7.17. The van der Waals surface area contributed by atoms with E-state index in [1.807, 2.05) is 6.26 Å². The fourth-order valence-electron chi connectivity index (χ4n) is 4.91. The molecule has 0 radical (unpaired) electrons. The van der Waals surface area contributed by atoms with Crippen LogP contribution in [0.5, 0.6) is 0 Å². The highest BCUT2D eigenvalue weighted by atomic mass is 16.3. The van der Waals surface area contributed by atoms with Crippen LogP contribution in [0.25, 0.3) is 11.5 Å². The fourth-order valence-corrected chi connectivity index (χ4v) is 4.91. The SMILES string of the molecule is CC1(C)CCC(C)(C)c2cc(-c3nc(N4CCN(CCCCO)CC4)co3)ccc21. The number of anilines is 1. The number of aromatic nitrogens is 1. The number of oxazole rings is 1. The zero-order chi connectivity index (χ0) is 21.4. The van der Waals surface area contributed by atoms with Gasteiger partial charge in [-0.05, 0) is 66.3 Å². The standard InChI is InChI=1S/C25H37N3O2/c1-24(2)9-10-25(3,4)21-17-19(7-8-20(21)24)23-26-22(18-30-23)28-14-12-27(13-15-28)11-5-6-16-29/h7-8,17-18,29H,5-6,9-16H2,1-4H3. The molecule has 1 aromatic carbocycles. The van der Waals surface area contributed by atoms with Crippen molar-refractivity contribution in [1.82, 2.24) is 9.88 Å². The van der Waals surface area contributed by atoms with E-state index in [4.69, 9.17) is 14.5 Å². The van der Waals surface area contributed by atoms with Crippen molar-refractivity contribution in [3.05, 3.63) is 35.6 Å². The number of hydrogen-bond donors (Lipinski definition) is 1. The van der Waals surface area contributed by atoms with Crippen LogP contribution in [0.3, 0.4) is 0 Å². The van der Waals surface area contributed by atoms with Crippen LogP contribution < -0.4 is 4.90 Å². The van der Waals surface area contributed by atoms with Crippen LogP contribution in [0.15, 0.2) is 28.9 Å². The summed E-state index contributed by atoms with van der Waals surface area (Å²) in [7, 11) is 0. The average molecular weight is 412 g/mol. The maximum Gasteiger partial charge on any atom is 0.227 e.